The van der Waals surface area contributed by atoms with Crippen molar-refractivity contribution in [1.82, 2.24) is 0 Å². The van der Waals surface area contributed by atoms with Gasteiger partial charge in [0, 0.05) is 10.3 Å². The number of rotatable bonds is 4. The van der Waals surface area contributed by atoms with E-state index in [0.717, 1.165) is 5.56 Å². The van der Waals surface area contributed by atoms with Crippen LogP contribution >= 0.6 is 11.3 Å². The van der Waals surface area contributed by atoms with Crippen molar-refractivity contribution in [2.24, 2.45) is 0 Å². The first-order valence-corrected chi connectivity index (χ1v) is 8.91. The van der Waals surface area contributed by atoms with Crippen LogP contribution in [-0.2, 0) is 22.0 Å². The van der Waals surface area contributed by atoms with Gasteiger partial charge in [-0.15, -0.1) is 11.3 Å². The molecule has 21 heavy (non-hydrogen) atoms. The number of benzene rings is 1. The van der Waals surface area contributed by atoms with Crippen LogP contribution in [0.25, 0.3) is 0 Å². The van der Waals surface area contributed by atoms with Crippen LogP contribution in [0, 0.1) is 0 Å². The number of anilines is 1. The standard InChI is InChI=1S/C15H19NO3S2/c1-15(2,3)13-6-4-5-7-14(13)16-21(18,19)12-8-11(9-17)20-10-12/h4-8,10,16-17H,9H2,1-3H3. The Hall–Kier alpha value is -1.37. The van der Waals surface area contributed by atoms with Crippen LogP contribution in [-0.4, -0.2) is 13.5 Å². The lowest BCUT2D eigenvalue weighted by molar-refractivity contribution is 0.285. The molecule has 0 saturated heterocycles. The Kier molecular flexibility index (Phi) is 4.41. The Morgan fingerprint density at radius 3 is 2.48 bits per heavy atom. The average molecular weight is 325 g/mol. The molecule has 0 aliphatic heterocycles. The predicted octanol–water partition coefficient (Wildman–Crippen LogP) is 3.34. The highest BCUT2D eigenvalue weighted by Gasteiger charge is 2.22. The summed E-state index contributed by atoms with van der Waals surface area (Å²) in [5.74, 6) is 0. The van der Waals surface area contributed by atoms with Gasteiger partial charge in [0.15, 0.2) is 0 Å². The molecule has 0 amide bonds. The maximum Gasteiger partial charge on any atom is 0.262 e. The van der Waals surface area contributed by atoms with Crippen molar-refractivity contribution in [3.05, 3.63) is 46.2 Å². The van der Waals surface area contributed by atoms with E-state index in [1.165, 1.54) is 22.8 Å². The van der Waals surface area contributed by atoms with Crippen LogP contribution in [0.2, 0.25) is 0 Å². The summed E-state index contributed by atoms with van der Waals surface area (Å²) < 4.78 is 27.5. The third-order valence-electron chi connectivity index (χ3n) is 3.08. The fourth-order valence-electron chi connectivity index (χ4n) is 2.01. The summed E-state index contributed by atoms with van der Waals surface area (Å²) in [6.07, 6.45) is 0. The summed E-state index contributed by atoms with van der Waals surface area (Å²) in [5.41, 5.74) is 1.36. The van der Waals surface area contributed by atoms with E-state index in [0.29, 0.717) is 10.6 Å². The second kappa shape index (κ2) is 5.79. The van der Waals surface area contributed by atoms with Gasteiger partial charge < -0.3 is 5.11 Å². The molecule has 0 fully saturated rings. The lowest BCUT2D eigenvalue weighted by atomic mass is 9.86. The molecule has 4 nitrogen and oxygen atoms in total. The molecule has 0 bridgehead atoms. The number of hydrogen-bond acceptors (Lipinski definition) is 4. The topological polar surface area (TPSA) is 66.4 Å². The van der Waals surface area contributed by atoms with Gasteiger partial charge in [0.25, 0.3) is 10.0 Å². The minimum atomic E-state index is -3.64. The summed E-state index contributed by atoms with van der Waals surface area (Å²) in [5, 5.41) is 10.6. The van der Waals surface area contributed by atoms with Crippen molar-refractivity contribution in [1.29, 1.82) is 0 Å². The zero-order valence-electron chi connectivity index (χ0n) is 12.3. The molecule has 0 atom stereocenters. The SMILES string of the molecule is CC(C)(C)c1ccccc1NS(=O)(=O)c1csc(CO)c1. The predicted molar refractivity (Wildman–Crippen MR) is 86.2 cm³/mol. The summed E-state index contributed by atoms with van der Waals surface area (Å²) >= 11 is 1.23. The Morgan fingerprint density at radius 1 is 1.24 bits per heavy atom. The Bertz CT molecular complexity index is 727. The van der Waals surface area contributed by atoms with Crippen molar-refractivity contribution in [2.45, 2.75) is 37.7 Å². The third-order valence-corrected chi connectivity index (χ3v) is 5.49. The molecule has 0 spiro atoms. The van der Waals surface area contributed by atoms with E-state index >= 15 is 0 Å². The first-order chi connectivity index (χ1) is 9.74. The normalized spacial score (nSPS) is 12.4. The average Bonchev–Trinajstić information content (AvgIpc) is 2.87. The molecule has 2 rings (SSSR count). The van der Waals surface area contributed by atoms with Crippen molar-refractivity contribution in [2.75, 3.05) is 4.72 Å². The van der Waals surface area contributed by atoms with Gasteiger partial charge in [-0.1, -0.05) is 39.0 Å². The van der Waals surface area contributed by atoms with Gasteiger partial charge in [0.05, 0.1) is 17.2 Å². The van der Waals surface area contributed by atoms with Crippen LogP contribution in [0.15, 0.2) is 40.6 Å². The molecule has 1 heterocycles. The molecular weight excluding hydrogens is 306 g/mol. The number of aliphatic hydroxyl groups excluding tert-OH is 1. The van der Waals surface area contributed by atoms with Crippen LogP contribution < -0.4 is 4.72 Å². The molecule has 114 valence electrons. The van der Waals surface area contributed by atoms with E-state index in [1.807, 2.05) is 32.9 Å². The minimum absolute atomic E-state index is 0.154. The van der Waals surface area contributed by atoms with Crippen molar-refractivity contribution in [3.8, 4) is 0 Å². The van der Waals surface area contributed by atoms with Crippen molar-refractivity contribution < 1.29 is 13.5 Å². The van der Waals surface area contributed by atoms with E-state index in [2.05, 4.69) is 4.72 Å². The molecule has 2 aromatic rings. The first-order valence-electron chi connectivity index (χ1n) is 6.54. The van der Waals surface area contributed by atoms with Gasteiger partial charge in [0.2, 0.25) is 0 Å². The largest absolute Gasteiger partial charge is 0.391 e. The van der Waals surface area contributed by atoms with Gasteiger partial charge in [-0.3, -0.25) is 4.72 Å². The Labute approximate surface area is 129 Å². The fraction of sp³-hybridized carbons (Fsp3) is 0.333. The number of sulfonamides is 1. The molecular formula is C15H19NO3S2. The summed E-state index contributed by atoms with van der Waals surface area (Å²) in [6, 6.07) is 8.88. The zero-order chi connectivity index (χ0) is 15.7. The highest BCUT2D eigenvalue weighted by atomic mass is 32.2. The quantitative estimate of drug-likeness (QED) is 0.906. The number of para-hydroxylation sites is 1. The van der Waals surface area contributed by atoms with Gasteiger partial charge in [-0.25, -0.2) is 8.42 Å². The number of aliphatic hydroxyl groups is 1. The summed E-state index contributed by atoms with van der Waals surface area (Å²) in [4.78, 5) is 0.805. The Balaban J connectivity index is 2.38. The first kappa shape index (κ1) is 16.0. The highest BCUT2D eigenvalue weighted by Crippen LogP contribution is 2.31. The maximum absolute atomic E-state index is 12.4. The van der Waals surface area contributed by atoms with Crippen LogP contribution in [0.4, 0.5) is 5.69 Å². The van der Waals surface area contributed by atoms with Gasteiger partial charge in [-0.05, 0) is 23.1 Å². The van der Waals surface area contributed by atoms with E-state index in [-0.39, 0.29) is 16.9 Å². The van der Waals surface area contributed by atoms with Crippen molar-refractivity contribution in [3.63, 3.8) is 0 Å². The monoisotopic (exact) mass is 325 g/mol. The number of hydrogen-bond donors (Lipinski definition) is 2. The second-order valence-electron chi connectivity index (χ2n) is 5.81. The van der Waals surface area contributed by atoms with Crippen LogP contribution in [0.5, 0.6) is 0 Å². The van der Waals surface area contributed by atoms with Crippen LogP contribution in [0.3, 0.4) is 0 Å². The zero-order valence-corrected chi connectivity index (χ0v) is 13.9. The van der Waals surface area contributed by atoms with Gasteiger partial charge >= 0.3 is 0 Å². The molecule has 2 N–H and O–H groups in total. The second-order valence-corrected chi connectivity index (χ2v) is 8.49. The van der Waals surface area contributed by atoms with Gasteiger partial charge in [0.1, 0.15) is 0 Å². The highest BCUT2D eigenvalue weighted by molar-refractivity contribution is 7.92. The number of nitrogens with one attached hydrogen (secondary N) is 1. The molecule has 1 aromatic carbocycles. The molecule has 0 saturated carbocycles. The molecule has 0 aliphatic carbocycles. The lowest BCUT2D eigenvalue weighted by Crippen LogP contribution is -2.18. The third kappa shape index (κ3) is 3.64. The maximum atomic E-state index is 12.4. The lowest BCUT2D eigenvalue weighted by Gasteiger charge is -2.23. The molecule has 0 radical (unpaired) electrons. The minimum Gasteiger partial charge on any atom is -0.391 e. The molecule has 0 aliphatic rings. The molecule has 6 heteroatoms. The Morgan fingerprint density at radius 2 is 1.90 bits per heavy atom. The van der Waals surface area contributed by atoms with E-state index in [1.54, 1.807) is 12.1 Å². The molecule has 0 unspecified atom stereocenters. The van der Waals surface area contributed by atoms with E-state index < -0.39 is 10.0 Å². The summed E-state index contributed by atoms with van der Waals surface area (Å²) in [6.45, 7) is 5.95. The summed E-state index contributed by atoms with van der Waals surface area (Å²) in [7, 11) is -3.64. The number of thiophene rings is 1. The smallest absolute Gasteiger partial charge is 0.262 e. The van der Waals surface area contributed by atoms with Gasteiger partial charge in [-0.2, -0.15) is 0 Å². The van der Waals surface area contributed by atoms with Crippen LogP contribution in [0.1, 0.15) is 31.2 Å². The van der Waals surface area contributed by atoms with E-state index in [4.69, 9.17) is 5.11 Å². The van der Waals surface area contributed by atoms with Crippen molar-refractivity contribution >= 4 is 27.0 Å². The van der Waals surface area contributed by atoms with E-state index in [9.17, 15) is 8.42 Å². The fourth-order valence-corrected chi connectivity index (χ4v) is 4.23. The molecule has 1 aromatic heterocycles.